The highest BCUT2D eigenvalue weighted by molar-refractivity contribution is 7.89. The average molecular weight is 523 g/mol. The maximum absolute atomic E-state index is 13.1. The number of nitrogens with zero attached hydrogens (tertiary/aromatic N) is 4. The van der Waals surface area contributed by atoms with E-state index in [-0.39, 0.29) is 5.75 Å². The lowest BCUT2D eigenvalue weighted by atomic mass is 10.1. The van der Waals surface area contributed by atoms with Crippen molar-refractivity contribution in [1.29, 1.82) is 0 Å². The van der Waals surface area contributed by atoms with Crippen molar-refractivity contribution < 1.29 is 8.42 Å². The van der Waals surface area contributed by atoms with Gasteiger partial charge in [0.15, 0.2) is 5.82 Å². The molecule has 0 unspecified atom stereocenters. The van der Waals surface area contributed by atoms with Gasteiger partial charge in [0, 0.05) is 29.2 Å². The topological polar surface area (TPSA) is 95.9 Å². The van der Waals surface area contributed by atoms with Crippen molar-refractivity contribution in [3.63, 3.8) is 0 Å². The van der Waals surface area contributed by atoms with Gasteiger partial charge >= 0.3 is 0 Å². The van der Waals surface area contributed by atoms with Gasteiger partial charge in [0.1, 0.15) is 5.82 Å². The number of hydrogen-bond donors (Lipinski definition) is 2. The van der Waals surface area contributed by atoms with E-state index in [9.17, 15) is 8.42 Å². The van der Waals surface area contributed by atoms with Gasteiger partial charge in [-0.05, 0) is 57.5 Å². The summed E-state index contributed by atoms with van der Waals surface area (Å²) in [5, 5.41) is 8.63. The summed E-state index contributed by atoms with van der Waals surface area (Å²) in [6.45, 7) is 9.72. The zero-order valence-corrected chi connectivity index (χ0v) is 22.8. The second kappa shape index (κ2) is 12.5. The van der Waals surface area contributed by atoms with Gasteiger partial charge in [-0.2, -0.15) is 5.10 Å². The first-order valence-electron chi connectivity index (χ1n) is 13.2. The third-order valence-corrected chi connectivity index (χ3v) is 8.34. The predicted octanol–water partition coefficient (Wildman–Crippen LogP) is 4.77. The Hall–Kier alpha value is -3.01. The molecule has 0 radical (unpaired) electrons. The maximum atomic E-state index is 13.1. The molecule has 8 nitrogen and oxygen atoms in total. The summed E-state index contributed by atoms with van der Waals surface area (Å²) < 4.78 is 31.3. The molecular formula is C28H38N6O2S. The van der Waals surface area contributed by atoms with Crippen LogP contribution in [0.1, 0.15) is 51.0 Å². The highest BCUT2D eigenvalue weighted by Crippen LogP contribution is 2.29. The number of aryl methyl sites for hydroxylation is 2. The fraction of sp³-hybridized carbons (Fsp3) is 0.429. The quantitative estimate of drug-likeness (QED) is 0.249. The minimum absolute atomic E-state index is 0.0797. The second-order valence-corrected chi connectivity index (χ2v) is 11.2. The van der Waals surface area contributed by atoms with E-state index < -0.39 is 16.1 Å². The molecule has 4 aromatic rings. The fourth-order valence-electron chi connectivity index (χ4n) is 4.74. The lowest BCUT2D eigenvalue weighted by Gasteiger charge is -2.19. The number of fused-ring (bicyclic) bond motifs is 1. The number of hydrogen-bond acceptors (Lipinski definition) is 5. The van der Waals surface area contributed by atoms with Crippen LogP contribution >= 0.6 is 0 Å². The lowest BCUT2D eigenvalue weighted by molar-refractivity contribution is 0.304. The number of rotatable bonds is 14. The molecule has 0 spiro atoms. The Labute approximate surface area is 220 Å². The molecule has 4 rings (SSSR count). The molecule has 1 atom stereocenters. The molecule has 0 fully saturated rings. The van der Waals surface area contributed by atoms with Gasteiger partial charge in [0.25, 0.3) is 0 Å². The van der Waals surface area contributed by atoms with Gasteiger partial charge in [-0.15, -0.1) is 0 Å². The van der Waals surface area contributed by atoms with E-state index in [4.69, 9.17) is 4.98 Å². The lowest BCUT2D eigenvalue weighted by Crippen LogP contribution is -2.33. The molecule has 0 aliphatic carbocycles. The van der Waals surface area contributed by atoms with Gasteiger partial charge in [0.05, 0.1) is 11.8 Å². The van der Waals surface area contributed by atoms with Crippen LogP contribution in [-0.2, 0) is 23.0 Å². The van der Waals surface area contributed by atoms with Crippen molar-refractivity contribution >= 4 is 20.9 Å². The summed E-state index contributed by atoms with van der Waals surface area (Å²) in [4.78, 5) is 7.03. The number of nitrogens with one attached hydrogen (secondary N) is 2. The summed E-state index contributed by atoms with van der Waals surface area (Å²) in [5.74, 6) is 1.19. The van der Waals surface area contributed by atoms with Gasteiger partial charge in [-0.25, -0.2) is 18.1 Å². The van der Waals surface area contributed by atoms with Crippen LogP contribution in [0.5, 0.6) is 0 Å². The van der Waals surface area contributed by atoms with Crippen molar-refractivity contribution in [2.45, 2.75) is 52.6 Å². The molecule has 37 heavy (non-hydrogen) atoms. The van der Waals surface area contributed by atoms with E-state index in [0.29, 0.717) is 24.5 Å². The molecule has 0 aliphatic heterocycles. The number of para-hydroxylation sites is 1. The van der Waals surface area contributed by atoms with Crippen LogP contribution in [0.4, 0.5) is 0 Å². The minimum Gasteiger partial charge on any atom is -0.347 e. The van der Waals surface area contributed by atoms with Crippen LogP contribution in [0.25, 0.3) is 22.3 Å². The van der Waals surface area contributed by atoms with Crippen LogP contribution < -0.4 is 4.72 Å². The molecular weight excluding hydrogens is 484 g/mol. The van der Waals surface area contributed by atoms with E-state index in [0.717, 1.165) is 54.6 Å². The van der Waals surface area contributed by atoms with Gasteiger partial charge in [-0.3, -0.25) is 5.10 Å². The summed E-state index contributed by atoms with van der Waals surface area (Å²) in [7, 11) is -3.50. The average Bonchev–Trinajstić information content (AvgIpc) is 3.55. The molecule has 0 aliphatic rings. The molecule has 0 bridgehead atoms. The predicted molar refractivity (Wildman–Crippen MR) is 150 cm³/mol. The number of sulfonamides is 1. The van der Waals surface area contributed by atoms with E-state index in [1.807, 2.05) is 30.3 Å². The van der Waals surface area contributed by atoms with Crippen LogP contribution in [0.2, 0.25) is 0 Å². The summed E-state index contributed by atoms with van der Waals surface area (Å²) in [6.07, 6.45) is 3.94. The zero-order chi connectivity index (χ0) is 26.3. The maximum Gasteiger partial charge on any atom is 0.212 e. The van der Waals surface area contributed by atoms with Crippen molar-refractivity contribution in [2.24, 2.45) is 0 Å². The Balaban J connectivity index is 1.57. The first-order chi connectivity index (χ1) is 17.9. The van der Waals surface area contributed by atoms with E-state index in [1.165, 1.54) is 0 Å². The Kier molecular flexibility index (Phi) is 9.13. The second-order valence-electron chi connectivity index (χ2n) is 9.28. The fourth-order valence-corrected chi connectivity index (χ4v) is 6.03. The Bertz CT molecular complexity index is 1380. The summed E-state index contributed by atoms with van der Waals surface area (Å²) in [6, 6.07) is 17.8. The molecule has 2 aromatic heterocycles. The molecule has 198 valence electrons. The SMILES string of the molecule is CCN(CC)CCCS(=O)(=O)N[C@H](CCc1ccccc1)c1nc(-c2cn(CC)c3ccccc23)n[nH]1. The number of H-pyrrole nitrogens is 1. The van der Waals surface area contributed by atoms with E-state index in [2.05, 4.69) is 75.6 Å². The summed E-state index contributed by atoms with van der Waals surface area (Å²) >= 11 is 0. The van der Waals surface area contributed by atoms with Crippen molar-refractivity contribution in [1.82, 2.24) is 29.4 Å². The molecule has 0 saturated heterocycles. The van der Waals surface area contributed by atoms with Gasteiger partial charge in [0.2, 0.25) is 10.0 Å². The molecule has 2 heterocycles. The standard InChI is InChI=1S/C28H38N6O2S/c1-4-33(5-2)19-12-20-37(35,36)32-25(18-17-22-13-8-7-9-14-22)28-29-27(30-31-28)24-21-34(6-3)26-16-11-10-15-23(24)26/h7-11,13-16,21,25,32H,4-6,12,17-20H2,1-3H3,(H,29,30,31)/t25-/m1/s1. The van der Waals surface area contributed by atoms with Gasteiger partial charge < -0.3 is 9.47 Å². The molecule has 2 N–H and O–H groups in total. The highest BCUT2D eigenvalue weighted by Gasteiger charge is 2.24. The Morgan fingerprint density at radius 2 is 1.76 bits per heavy atom. The van der Waals surface area contributed by atoms with Crippen LogP contribution in [0, 0.1) is 0 Å². The van der Waals surface area contributed by atoms with E-state index in [1.54, 1.807) is 0 Å². The molecule has 0 saturated carbocycles. The van der Waals surface area contributed by atoms with E-state index >= 15 is 0 Å². The largest absolute Gasteiger partial charge is 0.347 e. The third kappa shape index (κ3) is 6.85. The molecule has 0 amide bonds. The third-order valence-electron chi connectivity index (χ3n) is 6.87. The normalized spacial score (nSPS) is 13.0. The highest BCUT2D eigenvalue weighted by atomic mass is 32.2. The first-order valence-corrected chi connectivity index (χ1v) is 14.9. The van der Waals surface area contributed by atoms with Crippen LogP contribution in [0.15, 0.2) is 60.8 Å². The van der Waals surface area contributed by atoms with Crippen molar-refractivity contribution in [3.05, 3.63) is 72.2 Å². The minimum atomic E-state index is -3.50. The Morgan fingerprint density at radius 1 is 1.03 bits per heavy atom. The van der Waals surface area contributed by atoms with Crippen molar-refractivity contribution in [3.8, 4) is 11.4 Å². The van der Waals surface area contributed by atoms with Gasteiger partial charge in [-0.1, -0.05) is 62.4 Å². The first kappa shape index (κ1) is 27.0. The Morgan fingerprint density at radius 3 is 2.49 bits per heavy atom. The smallest absolute Gasteiger partial charge is 0.212 e. The van der Waals surface area contributed by atoms with Crippen LogP contribution in [-0.4, -0.2) is 58.5 Å². The van der Waals surface area contributed by atoms with Crippen molar-refractivity contribution in [2.75, 3.05) is 25.4 Å². The number of aromatic amines is 1. The zero-order valence-electron chi connectivity index (χ0n) is 22.0. The summed E-state index contributed by atoms with van der Waals surface area (Å²) in [5.41, 5.74) is 3.21. The molecule has 2 aromatic carbocycles. The molecule has 9 heteroatoms. The number of benzene rings is 2. The monoisotopic (exact) mass is 522 g/mol. The number of aromatic nitrogens is 4. The van der Waals surface area contributed by atoms with Crippen LogP contribution in [0.3, 0.4) is 0 Å².